The highest BCUT2D eigenvalue weighted by molar-refractivity contribution is 6.01. The molecule has 642 valence electrons. The lowest BCUT2D eigenvalue weighted by molar-refractivity contribution is -0.150. The summed E-state index contributed by atoms with van der Waals surface area (Å²) in [5.41, 5.74) is 13.1. The monoisotopic (exact) mass is 1650 g/mol. The number of fused-ring (bicyclic) bond motifs is 1. The van der Waals surface area contributed by atoms with Gasteiger partial charge in [-0.3, -0.25) is 81.5 Å². The number of nitrogens with two attached hydrogens (primary N) is 2. The summed E-state index contributed by atoms with van der Waals surface area (Å²) in [7, 11) is 0. The fourth-order valence-corrected chi connectivity index (χ4v) is 13.2. The van der Waals surface area contributed by atoms with Gasteiger partial charge in [-0.05, 0) is 98.6 Å². The first-order chi connectivity index (χ1) is 55.9. The summed E-state index contributed by atoms with van der Waals surface area (Å²) in [5.74, 6) is -20.1. The maximum Gasteiger partial charge on any atom is 0.326 e. The molecule has 0 bridgehead atoms. The number of aromatic amines is 1. The highest BCUT2D eigenvalue weighted by Crippen LogP contribution is 2.24. The lowest BCUT2D eigenvalue weighted by Crippen LogP contribution is -2.60. The van der Waals surface area contributed by atoms with E-state index in [9.17, 15) is 112 Å². The first-order valence-electron chi connectivity index (χ1n) is 38.3. The number of carboxylic acids is 3. The van der Waals surface area contributed by atoms with Gasteiger partial charge < -0.3 is 121 Å². The largest absolute Gasteiger partial charge is 0.508 e. The maximum atomic E-state index is 14.7. The van der Waals surface area contributed by atoms with Crippen molar-refractivity contribution in [2.75, 3.05) is 39.4 Å². The molecule has 41 nitrogen and oxygen atoms in total. The van der Waals surface area contributed by atoms with Crippen LogP contribution in [0.25, 0.3) is 10.9 Å². The average molecular weight is 1650 g/mol. The second-order valence-corrected chi connectivity index (χ2v) is 29.6. The van der Waals surface area contributed by atoms with Crippen LogP contribution < -0.4 is 75.3 Å². The Balaban J connectivity index is 1.10. The van der Waals surface area contributed by atoms with Gasteiger partial charge in [-0.2, -0.15) is 0 Å². The second kappa shape index (κ2) is 45.6. The summed E-state index contributed by atoms with van der Waals surface area (Å²) in [6.45, 7) is 4.32. The Hall–Kier alpha value is -12.7. The normalized spacial score (nSPS) is 16.6. The number of nitrogens with zero attached hydrogens (tertiary/aromatic N) is 2. The maximum absolute atomic E-state index is 14.7. The molecule has 0 radical (unpaired) electrons. The van der Waals surface area contributed by atoms with Gasteiger partial charge in [-0.1, -0.05) is 88.4 Å². The number of primary amides is 1. The van der Waals surface area contributed by atoms with E-state index in [1.54, 1.807) is 82.3 Å². The SMILES string of the molecule is CC(C)C[C@H](NC(=O)[C@H](C)NC(=O)[C@H](CO)NC(=O)CNC(=O)CNC(=O)[C@H](Cc1c[nH]c2ccccc12)NC(=O)[C@H](CC(=O)O)NC(=O)[C@H](Cc1ccc(O)cc1)NC(=O)[C@H](CC(C)C)NC(=O)[C@@H]1CCCN1C(=O)[C@H](CC(N)=O)NC(=O)[C@@H](N)CCC(=O)O)C(=O)N[C@@H](Cc1ccccc1)C(=O)N[C@@H](CO)C(=O)N1CCC[C@H]1C(=O)O. The summed E-state index contributed by atoms with van der Waals surface area (Å²) in [5, 5.41) is 89.1. The van der Waals surface area contributed by atoms with E-state index in [4.69, 9.17) is 16.6 Å². The van der Waals surface area contributed by atoms with Crippen molar-refractivity contribution in [3.63, 3.8) is 0 Å². The van der Waals surface area contributed by atoms with Gasteiger partial charge >= 0.3 is 17.9 Å². The van der Waals surface area contributed by atoms with E-state index in [0.717, 1.165) is 9.80 Å². The highest BCUT2D eigenvalue weighted by atomic mass is 16.4. The summed E-state index contributed by atoms with van der Waals surface area (Å²) in [6.07, 6.45) is -1.41. The summed E-state index contributed by atoms with van der Waals surface area (Å²) in [6, 6.07) is 0.417. The van der Waals surface area contributed by atoms with E-state index in [1.807, 2.05) is 0 Å². The van der Waals surface area contributed by atoms with Gasteiger partial charge in [0.25, 0.3) is 0 Å². The molecule has 2 fully saturated rings. The second-order valence-electron chi connectivity index (χ2n) is 29.6. The smallest absolute Gasteiger partial charge is 0.326 e. The minimum atomic E-state index is -2.03. The average Bonchev–Trinajstić information content (AvgIpc) is 1.59. The van der Waals surface area contributed by atoms with Crippen LogP contribution in [0.5, 0.6) is 5.75 Å². The predicted octanol–water partition coefficient (Wildman–Crippen LogP) is -5.31. The van der Waals surface area contributed by atoms with Crippen molar-refractivity contribution in [1.29, 1.82) is 0 Å². The number of aromatic nitrogens is 1. The third kappa shape index (κ3) is 29.3. The van der Waals surface area contributed by atoms with Crippen LogP contribution in [0.3, 0.4) is 0 Å². The summed E-state index contributed by atoms with van der Waals surface area (Å²) < 4.78 is 0. The number of para-hydroxylation sites is 1. The lowest BCUT2D eigenvalue weighted by Gasteiger charge is -2.30. The van der Waals surface area contributed by atoms with Gasteiger partial charge in [0, 0.05) is 55.9 Å². The number of carbonyl (C=O) groups is 18. The van der Waals surface area contributed by atoms with Crippen LogP contribution >= 0.6 is 0 Å². The molecular weight excluding hydrogens is 1550 g/mol. The molecule has 2 aliphatic heterocycles. The fraction of sp³-hybridized carbons (Fsp3) is 0.506. The third-order valence-electron chi connectivity index (χ3n) is 19.3. The molecule has 3 aromatic carbocycles. The van der Waals surface area contributed by atoms with Crippen LogP contribution in [-0.2, 0) is 106 Å². The lowest BCUT2D eigenvalue weighted by atomic mass is 10.00. The number of carboxylic acid groups (broad SMARTS) is 3. The Morgan fingerprint density at radius 2 is 0.941 bits per heavy atom. The molecule has 2 saturated heterocycles. The van der Waals surface area contributed by atoms with E-state index in [-0.39, 0.29) is 82.0 Å². The molecule has 15 amide bonds. The zero-order valence-electron chi connectivity index (χ0n) is 65.8. The predicted molar refractivity (Wildman–Crippen MR) is 416 cm³/mol. The molecule has 23 N–H and O–H groups in total. The van der Waals surface area contributed by atoms with Crippen LogP contribution in [0.4, 0.5) is 0 Å². The number of carbonyl (C=O) groups excluding carboxylic acids is 15. The molecule has 0 unspecified atom stereocenters. The van der Waals surface area contributed by atoms with Gasteiger partial charge in [0.05, 0.1) is 45.2 Å². The first-order valence-corrected chi connectivity index (χ1v) is 38.3. The number of hydrogen-bond acceptors (Lipinski definition) is 22. The van der Waals surface area contributed by atoms with Crippen LogP contribution in [0, 0.1) is 11.8 Å². The van der Waals surface area contributed by atoms with Crippen LogP contribution in [0.15, 0.2) is 85.1 Å². The number of benzene rings is 3. The number of H-pyrrole nitrogens is 1. The van der Waals surface area contributed by atoms with E-state index in [0.29, 0.717) is 34.0 Å². The molecule has 0 aliphatic carbocycles. The molecule has 2 aliphatic rings. The van der Waals surface area contributed by atoms with Gasteiger partial charge in [0.2, 0.25) is 88.6 Å². The minimum absolute atomic E-state index is 0.0221. The number of phenolic OH excluding ortho intramolecular Hbond substituents is 1. The Kier molecular flexibility index (Phi) is 36.4. The number of amides is 15. The molecule has 6 rings (SSSR count). The van der Waals surface area contributed by atoms with Gasteiger partial charge in [0.15, 0.2) is 0 Å². The molecule has 4 aromatic rings. The van der Waals surface area contributed by atoms with Crippen molar-refractivity contribution in [3.05, 3.63) is 102 Å². The molecule has 13 atom stereocenters. The quantitative estimate of drug-likeness (QED) is 0.0196. The zero-order chi connectivity index (χ0) is 87.2. The van der Waals surface area contributed by atoms with Gasteiger partial charge in [-0.25, -0.2) is 4.79 Å². The summed E-state index contributed by atoms with van der Waals surface area (Å²) >= 11 is 0. The van der Waals surface area contributed by atoms with Crippen molar-refractivity contribution in [2.24, 2.45) is 23.3 Å². The summed E-state index contributed by atoms with van der Waals surface area (Å²) in [4.78, 5) is 248. The van der Waals surface area contributed by atoms with Crippen LogP contribution in [0.2, 0.25) is 0 Å². The van der Waals surface area contributed by atoms with Crippen molar-refractivity contribution < 1.29 is 117 Å². The fourth-order valence-electron chi connectivity index (χ4n) is 13.2. The molecule has 41 heteroatoms. The number of aliphatic carboxylic acids is 3. The molecule has 3 heterocycles. The Morgan fingerprint density at radius 1 is 0.466 bits per heavy atom. The van der Waals surface area contributed by atoms with E-state index in [1.165, 1.54) is 37.4 Å². The standard InChI is InChI=1S/C77H105N17O24/c1-39(2)27-49(68(108)86-51(29-42-13-7-6-8-14-42)71(111)92-57(38-96)76(116)94-26-12-18-59(94)77(117)118)85-65(105)41(5)83-73(113)56(37-95)84-62(100)36-81-61(99)35-82-67(107)53(31-44-34-80-48-16-10-9-15-46(44)48)88-72(112)54(33-64(103)104)89-70(110)52(30-43-19-21-45(97)22-20-43)87-69(109)50(28-40(3)4)90-74(114)58-17-11-25-93(58)75(115)55(32-60(79)98)91-66(106)47(78)23-24-63(101)102/h6-10,13-16,19-22,34,39-41,47,49-59,80,95-97H,11-12,17-18,23-33,35-38,78H2,1-5H3,(H2,79,98)(H,81,99)(H,82,107)(H,83,113)(H,84,100)(H,85,105)(H,86,108)(H,87,109)(H,88,112)(H,89,110)(H,90,114)(H,91,106)(H,92,111)(H,101,102)(H,103,104)(H,117,118)/t41-,47-,49-,50-,51-,52-,53-,54-,55-,56-,57-,58-,59-/m0/s1. The number of aromatic hydroxyl groups is 1. The molecular formula is C77H105N17O24. The van der Waals surface area contributed by atoms with Crippen molar-refractivity contribution >= 4 is 117 Å². The number of likely N-dealkylation sites (tertiary alicyclic amines) is 2. The molecule has 0 spiro atoms. The highest BCUT2D eigenvalue weighted by Gasteiger charge is 2.43. The number of hydrogen-bond donors (Lipinski definition) is 21. The van der Waals surface area contributed by atoms with Crippen molar-refractivity contribution in [1.82, 2.24) is 78.6 Å². The number of phenols is 1. The molecule has 118 heavy (non-hydrogen) atoms. The minimum Gasteiger partial charge on any atom is -0.508 e. The number of aliphatic hydroxyl groups excluding tert-OH is 2. The molecule has 1 aromatic heterocycles. The molecule has 0 saturated carbocycles. The van der Waals surface area contributed by atoms with Crippen LogP contribution in [0.1, 0.15) is 116 Å². The van der Waals surface area contributed by atoms with Crippen molar-refractivity contribution in [3.8, 4) is 5.75 Å². The number of nitrogens with one attached hydrogen (secondary N) is 13. The Morgan fingerprint density at radius 3 is 1.50 bits per heavy atom. The third-order valence-corrected chi connectivity index (χ3v) is 19.3. The topological polar surface area (TPSA) is 647 Å². The van der Waals surface area contributed by atoms with E-state index < -0.39 is 237 Å². The van der Waals surface area contributed by atoms with E-state index in [2.05, 4.69) is 68.8 Å². The first kappa shape index (κ1) is 94.2. The van der Waals surface area contributed by atoms with Gasteiger partial charge in [-0.15, -0.1) is 0 Å². The Labute approximate surface area is 677 Å². The van der Waals surface area contributed by atoms with E-state index >= 15 is 0 Å². The van der Waals surface area contributed by atoms with Gasteiger partial charge in [0.1, 0.15) is 78.3 Å². The Bertz CT molecular complexity index is 4280. The van der Waals surface area contributed by atoms with Crippen LogP contribution in [-0.4, -0.2) is 270 Å². The van der Waals surface area contributed by atoms with Crippen molar-refractivity contribution in [2.45, 2.75) is 197 Å². The number of rotatable bonds is 46. The number of aliphatic hydroxyl groups is 2. The zero-order valence-corrected chi connectivity index (χ0v) is 65.8.